The van der Waals surface area contributed by atoms with Gasteiger partial charge in [-0.15, -0.1) is 0 Å². The predicted molar refractivity (Wildman–Crippen MR) is 127 cm³/mol. The summed E-state index contributed by atoms with van der Waals surface area (Å²) in [6, 6.07) is 13.7. The minimum Gasteiger partial charge on any atom is -0.480 e. The van der Waals surface area contributed by atoms with Crippen LogP contribution >= 0.6 is 0 Å². The van der Waals surface area contributed by atoms with E-state index in [9.17, 15) is 19.5 Å². The monoisotopic (exact) mass is 469 g/mol. The van der Waals surface area contributed by atoms with Crippen molar-refractivity contribution in [3.05, 3.63) is 59.7 Å². The van der Waals surface area contributed by atoms with Crippen LogP contribution in [0.4, 0.5) is 4.79 Å². The van der Waals surface area contributed by atoms with Crippen LogP contribution in [0, 0.1) is 0 Å². The standard InChI is InChI=1S/C25H31N3O6/c1-15(33-4)22(23(29)26-21(24(30)31)13-28(2)3)27-25(32)34-14-20-18-11-7-5-9-16(18)17-10-6-8-12-19(17)20/h5-12,15,20-22H,13-14H2,1-4H3,(H,26,29)(H,27,32)(H,30,31)/t15-,21?,22+/m1/s1. The highest BCUT2D eigenvalue weighted by molar-refractivity contribution is 5.90. The lowest BCUT2D eigenvalue weighted by atomic mass is 9.98. The van der Waals surface area contributed by atoms with Gasteiger partial charge in [-0.3, -0.25) is 4.79 Å². The van der Waals surface area contributed by atoms with Gasteiger partial charge >= 0.3 is 12.1 Å². The third-order valence-corrected chi connectivity index (χ3v) is 5.90. The van der Waals surface area contributed by atoms with E-state index >= 15 is 0 Å². The van der Waals surface area contributed by atoms with Crippen LogP contribution in [0.15, 0.2) is 48.5 Å². The van der Waals surface area contributed by atoms with Gasteiger partial charge in [-0.05, 0) is 43.3 Å². The van der Waals surface area contributed by atoms with E-state index in [2.05, 4.69) is 10.6 Å². The molecule has 0 heterocycles. The molecule has 0 saturated heterocycles. The number of nitrogens with zero attached hydrogens (tertiary/aromatic N) is 1. The summed E-state index contributed by atoms with van der Waals surface area (Å²) < 4.78 is 10.8. The van der Waals surface area contributed by atoms with E-state index in [4.69, 9.17) is 9.47 Å². The number of hydrogen-bond donors (Lipinski definition) is 3. The molecule has 1 aliphatic rings. The van der Waals surface area contributed by atoms with Crippen molar-refractivity contribution in [3.8, 4) is 11.1 Å². The number of nitrogens with one attached hydrogen (secondary N) is 2. The second kappa shape index (κ2) is 11.1. The first kappa shape index (κ1) is 25.2. The fourth-order valence-electron chi connectivity index (χ4n) is 4.11. The lowest BCUT2D eigenvalue weighted by Gasteiger charge is -2.26. The van der Waals surface area contributed by atoms with Crippen molar-refractivity contribution in [2.75, 3.05) is 34.4 Å². The van der Waals surface area contributed by atoms with Crippen LogP contribution < -0.4 is 10.6 Å². The lowest BCUT2D eigenvalue weighted by molar-refractivity contribution is -0.143. The van der Waals surface area contributed by atoms with Gasteiger partial charge in [0.05, 0.1) is 6.10 Å². The summed E-state index contributed by atoms with van der Waals surface area (Å²) in [7, 11) is 4.80. The number of carbonyl (C=O) groups is 3. The smallest absolute Gasteiger partial charge is 0.407 e. The molecule has 3 rings (SSSR count). The Morgan fingerprint density at radius 1 is 1.00 bits per heavy atom. The summed E-state index contributed by atoms with van der Waals surface area (Å²) >= 11 is 0. The molecule has 1 aliphatic carbocycles. The molecule has 9 nitrogen and oxygen atoms in total. The molecule has 3 atom stereocenters. The lowest BCUT2D eigenvalue weighted by Crippen LogP contribution is -2.57. The van der Waals surface area contributed by atoms with Gasteiger partial charge < -0.3 is 30.1 Å². The molecule has 9 heteroatoms. The number of aliphatic carboxylic acids is 1. The fourth-order valence-corrected chi connectivity index (χ4v) is 4.11. The van der Waals surface area contributed by atoms with Gasteiger partial charge in [-0.1, -0.05) is 48.5 Å². The summed E-state index contributed by atoms with van der Waals surface area (Å²) in [5.41, 5.74) is 4.36. The largest absolute Gasteiger partial charge is 0.480 e. The van der Waals surface area contributed by atoms with Gasteiger partial charge in [0.1, 0.15) is 18.7 Å². The maximum absolute atomic E-state index is 12.8. The van der Waals surface area contributed by atoms with Gasteiger partial charge in [0.2, 0.25) is 5.91 Å². The van der Waals surface area contributed by atoms with Crippen LogP contribution in [-0.2, 0) is 19.1 Å². The van der Waals surface area contributed by atoms with E-state index in [0.717, 1.165) is 22.3 Å². The van der Waals surface area contributed by atoms with Crippen molar-refractivity contribution < 1.29 is 29.0 Å². The van der Waals surface area contributed by atoms with Crippen LogP contribution in [-0.4, -0.2) is 80.5 Å². The number of carbonyl (C=O) groups excluding carboxylic acids is 2. The maximum atomic E-state index is 12.8. The number of methoxy groups -OCH3 is 1. The Morgan fingerprint density at radius 3 is 2.06 bits per heavy atom. The Balaban J connectivity index is 1.68. The van der Waals surface area contributed by atoms with Crippen molar-refractivity contribution in [1.29, 1.82) is 0 Å². The molecule has 2 aromatic rings. The topological polar surface area (TPSA) is 117 Å². The van der Waals surface area contributed by atoms with Crippen molar-refractivity contribution in [2.24, 2.45) is 0 Å². The Morgan fingerprint density at radius 2 is 1.56 bits per heavy atom. The normalized spacial score (nSPS) is 15.1. The van der Waals surface area contributed by atoms with Crippen molar-refractivity contribution in [1.82, 2.24) is 15.5 Å². The quantitative estimate of drug-likeness (QED) is 0.488. The molecule has 0 aliphatic heterocycles. The minimum absolute atomic E-state index is 0.0912. The zero-order chi connectivity index (χ0) is 24.8. The van der Waals surface area contributed by atoms with Crippen LogP contribution in [0.25, 0.3) is 11.1 Å². The molecule has 182 valence electrons. The molecular weight excluding hydrogens is 438 g/mol. The number of carboxylic acids is 1. The molecule has 2 amide bonds. The highest BCUT2D eigenvalue weighted by atomic mass is 16.5. The number of carboxylic acid groups (broad SMARTS) is 1. The fraction of sp³-hybridized carbons (Fsp3) is 0.400. The molecule has 0 bridgehead atoms. The average molecular weight is 470 g/mol. The second-order valence-corrected chi connectivity index (χ2v) is 8.55. The predicted octanol–water partition coefficient (Wildman–Crippen LogP) is 2.06. The van der Waals surface area contributed by atoms with Gasteiger partial charge in [0.25, 0.3) is 0 Å². The van der Waals surface area contributed by atoms with Crippen molar-refractivity contribution in [3.63, 3.8) is 0 Å². The van der Waals surface area contributed by atoms with E-state index in [0.29, 0.717) is 0 Å². The van der Waals surface area contributed by atoms with E-state index in [1.54, 1.807) is 25.9 Å². The number of rotatable bonds is 10. The number of hydrogen-bond acceptors (Lipinski definition) is 6. The molecule has 34 heavy (non-hydrogen) atoms. The molecule has 0 fully saturated rings. The first-order valence-electron chi connectivity index (χ1n) is 11.0. The third kappa shape index (κ3) is 5.73. The summed E-state index contributed by atoms with van der Waals surface area (Å²) in [5, 5.41) is 14.4. The Labute approximate surface area is 199 Å². The minimum atomic E-state index is -1.17. The van der Waals surface area contributed by atoms with Crippen LogP contribution in [0.1, 0.15) is 24.0 Å². The summed E-state index contributed by atoms with van der Waals surface area (Å²) in [6.07, 6.45) is -1.50. The zero-order valence-corrected chi connectivity index (χ0v) is 19.8. The highest BCUT2D eigenvalue weighted by Crippen LogP contribution is 2.44. The third-order valence-electron chi connectivity index (χ3n) is 5.90. The van der Waals surface area contributed by atoms with Gasteiger partial charge in [-0.25, -0.2) is 9.59 Å². The van der Waals surface area contributed by atoms with E-state index in [1.165, 1.54) is 7.11 Å². The molecule has 2 aromatic carbocycles. The first-order chi connectivity index (χ1) is 16.2. The number of fused-ring (bicyclic) bond motifs is 3. The Bertz CT molecular complexity index is 995. The molecule has 1 unspecified atom stereocenters. The second-order valence-electron chi connectivity index (χ2n) is 8.55. The number of ether oxygens (including phenoxy) is 2. The molecule has 0 spiro atoms. The van der Waals surface area contributed by atoms with E-state index in [-0.39, 0.29) is 19.1 Å². The summed E-state index contributed by atoms with van der Waals surface area (Å²) in [4.78, 5) is 38.6. The Hall–Kier alpha value is -3.43. The number of alkyl carbamates (subject to hydrolysis) is 1. The average Bonchev–Trinajstić information content (AvgIpc) is 3.13. The SMILES string of the molecule is CO[C@H](C)[C@H](NC(=O)OCC1c2ccccc2-c2ccccc21)C(=O)NC(CN(C)C)C(=O)O. The summed E-state index contributed by atoms with van der Waals surface area (Å²) in [5.74, 6) is -1.97. The number of likely N-dealkylation sites (N-methyl/N-ethyl adjacent to an activating group) is 1. The van der Waals surface area contributed by atoms with Gasteiger partial charge in [0.15, 0.2) is 0 Å². The van der Waals surface area contributed by atoms with E-state index in [1.807, 2.05) is 48.5 Å². The molecule has 0 saturated carbocycles. The van der Waals surface area contributed by atoms with Crippen molar-refractivity contribution >= 4 is 18.0 Å². The number of amides is 2. The number of benzene rings is 2. The molecular formula is C25H31N3O6. The first-order valence-corrected chi connectivity index (χ1v) is 11.0. The van der Waals surface area contributed by atoms with Crippen LogP contribution in [0.2, 0.25) is 0 Å². The van der Waals surface area contributed by atoms with Crippen LogP contribution in [0.3, 0.4) is 0 Å². The Kier molecular flexibility index (Phi) is 8.25. The zero-order valence-electron chi connectivity index (χ0n) is 19.8. The maximum Gasteiger partial charge on any atom is 0.407 e. The van der Waals surface area contributed by atoms with Crippen molar-refractivity contribution in [2.45, 2.75) is 31.0 Å². The molecule has 0 aromatic heterocycles. The van der Waals surface area contributed by atoms with E-state index < -0.39 is 36.2 Å². The highest BCUT2D eigenvalue weighted by Gasteiger charge is 2.33. The van der Waals surface area contributed by atoms with Crippen LogP contribution in [0.5, 0.6) is 0 Å². The molecule has 3 N–H and O–H groups in total. The van der Waals surface area contributed by atoms with Gasteiger partial charge in [0, 0.05) is 19.6 Å². The van der Waals surface area contributed by atoms with Gasteiger partial charge in [-0.2, -0.15) is 0 Å². The summed E-state index contributed by atoms with van der Waals surface area (Å²) in [6.45, 7) is 1.80. The molecule has 0 radical (unpaired) electrons.